The third-order valence-electron chi connectivity index (χ3n) is 5.87. The number of imidazole rings is 1. The van der Waals surface area contributed by atoms with E-state index in [4.69, 9.17) is 9.72 Å². The van der Waals surface area contributed by atoms with Gasteiger partial charge in [0, 0.05) is 5.92 Å². The van der Waals surface area contributed by atoms with E-state index in [1.54, 1.807) is 0 Å². The number of benzene rings is 2. The van der Waals surface area contributed by atoms with Crippen molar-refractivity contribution in [2.75, 3.05) is 6.61 Å². The van der Waals surface area contributed by atoms with Gasteiger partial charge in [0.2, 0.25) is 0 Å². The van der Waals surface area contributed by atoms with Gasteiger partial charge in [-0.25, -0.2) is 4.98 Å². The third-order valence-corrected chi connectivity index (χ3v) is 5.87. The molecule has 0 radical (unpaired) electrons. The van der Waals surface area contributed by atoms with Crippen LogP contribution in [-0.2, 0) is 12.0 Å². The highest BCUT2D eigenvalue weighted by atomic mass is 16.5. The van der Waals surface area contributed by atoms with Crippen LogP contribution in [0.3, 0.4) is 0 Å². The molecule has 4 rings (SSSR count). The lowest BCUT2D eigenvalue weighted by atomic mass is 9.87. The molecule has 1 heterocycles. The van der Waals surface area contributed by atoms with E-state index in [2.05, 4.69) is 55.7 Å². The van der Waals surface area contributed by atoms with Crippen molar-refractivity contribution < 1.29 is 9.84 Å². The van der Waals surface area contributed by atoms with Gasteiger partial charge in [-0.1, -0.05) is 57.2 Å². The van der Waals surface area contributed by atoms with Gasteiger partial charge in [-0.05, 0) is 54.5 Å². The first kappa shape index (κ1) is 20.7. The van der Waals surface area contributed by atoms with Gasteiger partial charge in [-0.2, -0.15) is 0 Å². The summed E-state index contributed by atoms with van der Waals surface area (Å²) in [6.07, 6.45) is 7.09. The Kier molecular flexibility index (Phi) is 5.96. The van der Waals surface area contributed by atoms with Crippen LogP contribution >= 0.6 is 0 Å². The van der Waals surface area contributed by atoms with Crippen LogP contribution in [0.4, 0.5) is 0 Å². The van der Waals surface area contributed by atoms with Crippen LogP contribution in [0.25, 0.3) is 11.0 Å². The van der Waals surface area contributed by atoms with Gasteiger partial charge in [-0.15, -0.1) is 0 Å². The van der Waals surface area contributed by atoms with Crippen molar-refractivity contribution in [1.82, 2.24) is 9.55 Å². The predicted molar refractivity (Wildman–Crippen MR) is 122 cm³/mol. The number of hydrogen-bond acceptors (Lipinski definition) is 3. The fourth-order valence-electron chi connectivity index (χ4n) is 4.13. The summed E-state index contributed by atoms with van der Waals surface area (Å²) in [4.78, 5) is 4.92. The second kappa shape index (κ2) is 8.65. The molecule has 0 saturated heterocycles. The molecule has 0 amide bonds. The molecular weight excluding hydrogens is 372 g/mol. The van der Waals surface area contributed by atoms with Gasteiger partial charge in [0.05, 0.1) is 17.6 Å². The zero-order valence-corrected chi connectivity index (χ0v) is 18.2. The Morgan fingerprint density at radius 1 is 1.10 bits per heavy atom. The average Bonchev–Trinajstić information content (AvgIpc) is 3.11. The van der Waals surface area contributed by atoms with Crippen LogP contribution in [-0.4, -0.2) is 27.4 Å². The van der Waals surface area contributed by atoms with E-state index in [1.165, 1.54) is 5.56 Å². The van der Waals surface area contributed by atoms with Gasteiger partial charge in [0.15, 0.2) is 0 Å². The van der Waals surface area contributed by atoms with Gasteiger partial charge >= 0.3 is 0 Å². The molecule has 1 aliphatic rings. The van der Waals surface area contributed by atoms with E-state index < -0.39 is 6.10 Å². The maximum absolute atomic E-state index is 10.8. The second-order valence-corrected chi connectivity index (χ2v) is 9.29. The van der Waals surface area contributed by atoms with E-state index in [0.29, 0.717) is 12.5 Å². The van der Waals surface area contributed by atoms with Crippen LogP contribution < -0.4 is 4.74 Å². The van der Waals surface area contributed by atoms with Gasteiger partial charge in [0.25, 0.3) is 0 Å². The maximum atomic E-state index is 10.8. The molecule has 0 spiro atoms. The molecule has 0 saturated carbocycles. The summed E-state index contributed by atoms with van der Waals surface area (Å²) >= 11 is 0. The molecule has 1 N–H and O–H groups in total. The highest BCUT2D eigenvalue weighted by molar-refractivity contribution is 5.76. The summed E-state index contributed by atoms with van der Waals surface area (Å²) in [7, 11) is 0. The maximum Gasteiger partial charge on any atom is 0.119 e. The number of aliphatic hydroxyl groups is 1. The lowest BCUT2D eigenvalue weighted by Gasteiger charge is -2.21. The second-order valence-electron chi connectivity index (χ2n) is 9.29. The molecule has 1 aromatic heterocycles. The minimum atomic E-state index is -0.609. The van der Waals surface area contributed by atoms with Gasteiger partial charge in [-0.3, -0.25) is 0 Å². The van der Waals surface area contributed by atoms with Crippen molar-refractivity contribution >= 4 is 11.0 Å². The Morgan fingerprint density at radius 3 is 2.57 bits per heavy atom. The fraction of sp³-hybridized carbons (Fsp3) is 0.423. The van der Waals surface area contributed by atoms with Crippen molar-refractivity contribution in [3.05, 3.63) is 72.1 Å². The standard InChI is InChI=1S/C26H32N2O2/c1-26(2,3)20-13-15-22(16-14-20)30-18-21(29)17-28-24-12-8-7-11-23(24)27-25(28)19-9-5-4-6-10-19/h4-5,7-8,11-16,19,21,29H,6,9-10,17-18H2,1-3H3/t19-,21-/m1/s1. The Labute approximate surface area is 179 Å². The molecule has 0 aliphatic heterocycles. The quantitative estimate of drug-likeness (QED) is 0.544. The third kappa shape index (κ3) is 4.59. The van der Waals surface area contributed by atoms with Crippen LogP contribution in [0.5, 0.6) is 5.75 Å². The Morgan fingerprint density at radius 2 is 1.87 bits per heavy atom. The summed E-state index contributed by atoms with van der Waals surface area (Å²) in [5.74, 6) is 2.27. The molecule has 2 atom stereocenters. The van der Waals surface area contributed by atoms with Crippen LogP contribution in [0.2, 0.25) is 0 Å². The van der Waals surface area contributed by atoms with Crippen LogP contribution in [0, 0.1) is 0 Å². The molecule has 0 fully saturated rings. The van der Waals surface area contributed by atoms with E-state index >= 15 is 0 Å². The van der Waals surface area contributed by atoms with Gasteiger partial charge < -0.3 is 14.4 Å². The number of fused-ring (bicyclic) bond motifs is 1. The number of aliphatic hydroxyl groups excluding tert-OH is 1. The first-order chi connectivity index (χ1) is 14.4. The van der Waals surface area contributed by atoms with E-state index in [-0.39, 0.29) is 12.0 Å². The summed E-state index contributed by atoms with van der Waals surface area (Å²) in [6.45, 7) is 7.33. The Balaban J connectivity index is 1.47. The number of rotatable bonds is 6. The SMILES string of the molecule is CC(C)(C)c1ccc(OC[C@H](O)Cn2c([C@@H]3CC=CCC3)nc3ccccc32)cc1. The number of hydrogen-bond donors (Lipinski definition) is 1. The number of ether oxygens (including phenoxy) is 1. The first-order valence-electron chi connectivity index (χ1n) is 10.9. The Hall–Kier alpha value is -2.59. The average molecular weight is 405 g/mol. The summed E-state index contributed by atoms with van der Waals surface area (Å²) in [5.41, 5.74) is 3.46. The minimum Gasteiger partial charge on any atom is -0.491 e. The number of nitrogens with zero attached hydrogens (tertiary/aromatic N) is 2. The zero-order valence-electron chi connectivity index (χ0n) is 18.2. The normalized spacial score (nSPS) is 17.9. The predicted octanol–water partition coefficient (Wildman–Crippen LogP) is 5.60. The van der Waals surface area contributed by atoms with Crippen molar-refractivity contribution in [2.45, 2.75) is 64.0 Å². The van der Waals surface area contributed by atoms with Crippen LogP contribution in [0.15, 0.2) is 60.7 Å². The molecule has 3 aromatic rings. The molecule has 30 heavy (non-hydrogen) atoms. The smallest absolute Gasteiger partial charge is 0.119 e. The molecule has 1 aliphatic carbocycles. The molecule has 0 bridgehead atoms. The Bertz CT molecular complexity index is 1010. The van der Waals surface area contributed by atoms with Gasteiger partial charge in [0.1, 0.15) is 24.3 Å². The monoisotopic (exact) mass is 404 g/mol. The van der Waals surface area contributed by atoms with Crippen molar-refractivity contribution in [2.24, 2.45) is 0 Å². The van der Waals surface area contributed by atoms with E-state index in [1.807, 2.05) is 30.3 Å². The number of allylic oxidation sites excluding steroid dienone is 2. The molecule has 4 nitrogen and oxygen atoms in total. The summed E-state index contributed by atoms with van der Waals surface area (Å²) in [6, 6.07) is 16.4. The lowest BCUT2D eigenvalue weighted by molar-refractivity contribution is 0.0923. The fourth-order valence-corrected chi connectivity index (χ4v) is 4.13. The topological polar surface area (TPSA) is 47.3 Å². The summed E-state index contributed by atoms with van der Waals surface area (Å²) in [5, 5.41) is 10.8. The molecule has 0 unspecified atom stereocenters. The molecule has 158 valence electrons. The van der Waals surface area contributed by atoms with Crippen molar-refractivity contribution in [3.8, 4) is 5.75 Å². The highest BCUT2D eigenvalue weighted by Crippen LogP contribution is 2.31. The summed E-state index contributed by atoms with van der Waals surface area (Å²) < 4.78 is 8.08. The largest absolute Gasteiger partial charge is 0.491 e. The zero-order chi connectivity index (χ0) is 21.1. The molecule has 4 heteroatoms. The number of para-hydroxylation sites is 2. The molecule has 2 aromatic carbocycles. The number of aromatic nitrogens is 2. The van der Waals surface area contributed by atoms with Crippen molar-refractivity contribution in [3.63, 3.8) is 0 Å². The van der Waals surface area contributed by atoms with E-state index in [9.17, 15) is 5.11 Å². The first-order valence-corrected chi connectivity index (χ1v) is 10.9. The highest BCUT2D eigenvalue weighted by Gasteiger charge is 2.22. The molecular formula is C26H32N2O2. The lowest BCUT2D eigenvalue weighted by Crippen LogP contribution is -2.25. The van der Waals surface area contributed by atoms with Crippen molar-refractivity contribution in [1.29, 1.82) is 0 Å². The van der Waals surface area contributed by atoms with Crippen LogP contribution in [0.1, 0.15) is 57.3 Å². The minimum absolute atomic E-state index is 0.116. The van der Waals surface area contributed by atoms with E-state index in [0.717, 1.165) is 41.9 Å².